The van der Waals surface area contributed by atoms with Gasteiger partial charge in [-0.2, -0.15) is 0 Å². The van der Waals surface area contributed by atoms with Gasteiger partial charge in [0.05, 0.1) is 17.1 Å². The number of fused-ring (bicyclic) bond motifs is 1. The maximum atomic E-state index is 12.1. The Labute approximate surface area is 108 Å². The number of hydrogen-bond donors (Lipinski definition) is 1. The molecule has 0 saturated carbocycles. The molecular weight excluding hydrogens is 252 g/mol. The molecule has 18 heavy (non-hydrogen) atoms. The maximum absolute atomic E-state index is 12.1. The molecule has 0 saturated heterocycles. The summed E-state index contributed by atoms with van der Waals surface area (Å²) in [7, 11) is -1.52. The summed E-state index contributed by atoms with van der Waals surface area (Å²) in [6.07, 6.45) is 0. The van der Waals surface area contributed by atoms with Crippen LogP contribution in [0.15, 0.2) is 23.1 Å². The fourth-order valence-corrected chi connectivity index (χ4v) is 3.15. The standard InChI is InChI=1S/C12H18N2O3S/c1-9(2)13-18(15,16)10-4-5-12-11(8-10)14(3)6-7-17-12/h4-5,8-9,13H,6-7H2,1-3H3. The van der Waals surface area contributed by atoms with Crippen molar-refractivity contribution in [3.8, 4) is 5.75 Å². The van der Waals surface area contributed by atoms with Gasteiger partial charge in [-0.3, -0.25) is 0 Å². The topological polar surface area (TPSA) is 58.6 Å². The van der Waals surface area contributed by atoms with Crippen molar-refractivity contribution in [3.63, 3.8) is 0 Å². The predicted octanol–water partition coefficient (Wildman–Crippen LogP) is 1.20. The van der Waals surface area contributed by atoms with Gasteiger partial charge < -0.3 is 9.64 Å². The molecule has 1 aromatic carbocycles. The van der Waals surface area contributed by atoms with Gasteiger partial charge >= 0.3 is 0 Å². The summed E-state index contributed by atoms with van der Waals surface area (Å²) >= 11 is 0. The highest BCUT2D eigenvalue weighted by Gasteiger charge is 2.21. The van der Waals surface area contributed by atoms with E-state index >= 15 is 0 Å². The van der Waals surface area contributed by atoms with Crippen LogP contribution in [0.2, 0.25) is 0 Å². The Morgan fingerprint density at radius 1 is 1.39 bits per heavy atom. The molecular formula is C12H18N2O3S. The van der Waals surface area contributed by atoms with E-state index in [1.54, 1.807) is 32.0 Å². The molecule has 0 amide bonds. The van der Waals surface area contributed by atoms with E-state index in [4.69, 9.17) is 4.74 Å². The fraction of sp³-hybridized carbons (Fsp3) is 0.500. The normalized spacial score (nSPS) is 15.4. The zero-order chi connectivity index (χ0) is 13.3. The van der Waals surface area contributed by atoms with E-state index in [1.165, 1.54) is 0 Å². The average Bonchev–Trinajstić information content (AvgIpc) is 2.27. The number of sulfonamides is 1. The van der Waals surface area contributed by atoms with Crippen LogP contribution >= 0.6 is 0 Å². The number of benzene rings is 1. The van der Waals surface area contributed by atoms with Gasteiger partial charge in [-0.25, -0.2) is 13.1 Å². The lowest BCUT2D eigenvalue weighted by Crippen LogP contribution is -2.31. The monoisotopic (exact) mass is 270 g/mol. The zero-order valence-electron chi connectivity index (χ0n) is 10.8. The summed E-state index contributed by atoms with van der Waals surface area (Å²) in [5.74, 6) is 0.729. The number of hydrogen-bond acceptors (Lipinski definition) is 4. The molecule has 1 aliphatic rings. The fourth-order valence-electron chi connectivity index (χ4n) is 1.88. The molecule has 0 aromatic heterocycles. The second-order valence-electron chi connectivity index (χ2n) is 4.68. The quantitative estimate of drug-likeness (QED) is 0.896. The van der Waals surface area contributed by atoms with Gasteiger partial charge in [-0.1, -0.05) is 0 Å². The number of nitrogens with zero attached hydrogens (tertiary/aromatic N) is 1. The molecule has 1 heterocycles. The maximum Gasteiger partial charge on any atom is 0.240 e. The highest BCUT2D eigenvalue weighted by atomic mass is 32.2. The summed E-state index contributed by atoms with van der Waals surface area (Å²) in [6.45, 7) is 4.98. The van der Waals surface area contributed by atoms with Crippen molar-refractivity contribution in [1.82, 2.24) is 4.72 Å². The van der Waals surface area contributed by atoms with Crippen LogP contribution in [0.4, 0.5) is 5.69 Å². The highest BCUT2D eigenvalue weighted by molar-refractivity contribution is 7.89. The Morgan fingerprint density at radius 3 is 2.78 bits per heavy atom. The number of anilines is 1. The molecule has 0 bridgehead atoms. The molecule has 6 heteroatoms. The van der Waals surface area contributed by atoms with Crippen LogP contribution in [0, 0.1) is 0 Å². The summed E-state index contributed by atoms with van der Waals surface area (Å²) < 4.78 is 32.2. The van der Waals surface area contributed by atoms with E-state index in [0.717, 1.165) is 18.0 Å². The van der Waals surface area contributed by atoms with Gasteiger partial charge in [0, 0.05) is 13.1 Å². The molecule has 1 N–H and O–H groups in total. The largest absolute Gasteiger partial charge is 0.490 e. The van der Waals surface area contributed by atoms with Gasteiger partial charge in [0.15, 0.2) is 0 Å². The second kappa shape index (κ2) is 4.78. The minimum Gasteiger partial charge on any atom is -0.490 e. The van der Waals surface area contributed by atoms with Crippen LogP contribution in [0.5, 0.6) is 5.75 Å². The van der Waals surface area contributed by atoms with Gasteiger partial charge in [-0.15, -0.1) is 0 Å². The first-order chi connectivity index (χ1) is 8.40. The highest BCUT2D eigenvalue weighted by Crippen LogP contribution is 2.32. The van der Waals surface area contributed by atoms with Crippen LogP contribution < -0.4 is 14.4 Å². The lowest BCUT2D eigenvalue weighted by atomic mass is 10.2. The molecule has 0 spiro atoms. The molecule has 0 atom stereocenters. The lowest BCUT2D eigenvalue weighted by molar-refractivity contribution is 0.311. The van der Waals surface area contributed by atoms with E-state index in [9.17, 15) is 8.42 Å². The third kappa shape index (κ3) is 2.59. The van der Waals surface area contributed by atoms with Gasteiger partial charge in [0.2, 0.25) is 10.0 Å². The van der Waals surface area contributed by atoms with E-state index in [1.807, 2.05) is 11.9 Å². The SMILES string of the molecule is CC(C)NS(=O)(=O)c1ccc2c(c1)N(C)CCO2. The summed E-state index contributed by atoms with van der Waals surface area (Å²) in [4.78, 5) is 2.26. The van der Waals surface area contributed by atoms with Crippen molar-refractivity contribution in [3.05, 3.63) is 18.2 Å². The van der Waals surface area contributed by atoms with E-state index < -0.39 is 10.0 Å². The number of nitrogens with one attached hydrogen (secondary N) is 1. The lowest BCUT2D eigenvalue weighted by Gasteiger charge is -2.28. The first-order valence-corrected chi connectivity index (χ1v) is 7.39. The minimum atomic E-state index is -3.45. The Kier molecular flexibility index (Phi) is 3.49. The minimum absolute atomic E-state index is 0.125. The smallest absolute Gasteiger partial charge is 0.240 e. The third-order valence-electron chi connectivity index (χ3n) is 2.73. The molecule has 5 nitrogen and oxygen atoms in total. The van der Waals surface area contributed by atoms with Crippen molar-refractivity contribution >= 4 is 15.7 Å². The first-order valence-electron chi connectivity index (χ1n) is 5.90. The molecule has 0 unspecified atom stereocenters. The number of ether oxygens (including phenoxy) is 1. The summed E-state index contributed by atoms with van der Waals surface area (Å²) in [6, 6.07) is 4.81. The van der Waals surface area contributed by atoms with Crippen molar-refractivity contribution in [2.75, 3.05) is 25.1 Å². The predicted molar refractivity (Wildman–Crippen MR) is 70.7 cm³/mol. The van der Waals surface area contributed by atoms with Gasteiger partial charge in [0.1, 0.15) is 12.4 Å². The van der Waals surface area contributed by atoms with Crippen molar-refractivity contribution in [2.45, 2.75) is 24.8 Å². The summed E-state index contributed by atoms with van der Waals surface area (Å²) in [5, 5.41) is 0. The van der Waals surface area contributed by atoms with Crippen molar-refractivity contribution < 1.29 is 13.2 Å². The molecule has 0 fully saturated rings. The summed E-state index contributed by atoms with van der Waals surface area (Å²) in [5.41, 5.74) is 0.813. The molecule has 1 aromatic rings. The van der Waals surface area contributed by atoms with Crippen LogP contribution in [0.1, 0.15) is 13.8 Å². The Hall–Kier alpha value is -1.27. The van der Waals surface area contributed by atoms with E-state index in [-0.39, 0.29) is 10.9 Å². The van der Waals surface area contributed by atoms with Crippen molar-refractivity contribution in [1.29, 1.82) is 0 Å². The number of likely N-dealkylation sites (N-methyl/N-ethyl adjacent to an activating group) is 1. The van der Waals surface area contributed by atoms with Gasteiger partial charge in [0.25, 0.3) is 0 Å². The number of rotatable bonds is 3. The Morgan fingerprint density at radius 2 is 2.11 bits per heavy atom. The molecule has 0 aliphatic carbocycles. The molecule has 1 aliphatic heterocycles. The van der Waals surface area contributed by atoms with Crippen LogP contribution in [0.25, 0.3) is 0 Å². The zero-order valence-corrected chi connectivity index (χ0v) is 11.6. The van der Waals surface area contributed by atoms with Crippen molar-refractivity contribution in [2.24, 2.45) is 0 Å². The van der Waals surface area contributed by atoms with Crippen LogP contribution in [-0.4, -0.2) is 34.7 Å². The average molecular weight is 270 g/mol. The molecule has 0 radical (unpaired) electrons. The Balaban J connectivity index is 2.39. The third-order valence-corrected chi connectivity index (χ3v) is 4.38. The Bertz CT molecular complexity index is 540. The van der Waals surface area contributed by atoms with E-state index in [0.29, 0.717) is 6.61 Å². The molecule has 100 valence electrons. The van der Waals surface area contributed by atoms with Crippen LogP contribution in [-0.2, 0) is 10.0 Å². The van der Waals surface area contributed by atoms with Gasteiger partial charge in [-0.05, 0) is 32.0 Å². The first kappa shape index (κ1) is 13.2. The van der Waals surface area contributed by atoms with E-state index in [2.05, 4.69) is 4.72 Å². The molecule has 2 rings (SSSR count). The second-order valence-corrected chi connectivity index (χ2v) is 6.39. The van der Waals surface area contributed by atoms with Crippen LogP contribution in [0.3, 0.4) is 0 Å².